The van der Waals surface area contributed by atoms with Crippen LogP contribution in [0.1, 0.15) is 40.0 Å². The summed E-state index contributed by atoms with van der Waals surface area (Å²) in [5, 5.41) is 12.6. The molecule has 2 bridgehead atoms. The highest BCUT2D eigenvalue weighted by Crippen LogP contribution is 2.52. The van der Waals surface area contributed by atoms with E-state index in [0.717, 1.165) is 25.1 Å². The van der Waals surface area contributed by atoms with Crippen LogP contribution < -0.4 is 0 Å². The molecule has 1 saturated heterocycles. The van der Waals surface area contributed by atoms with Crippen LogP contribution in [0.25, 0.3) is 5.69 Å². The SMILES string of the molecule is CC1(C)C[C@H]2C[C@](C)(CN2C(=O)CSc2nnnn2-c2ccccc2)C1. The molecule has 1 amide bonds. The van der Waals surface area contributed by atoms with Crippen molar-refractivity contribution in [2.24, 2.45) is 10.8 Å². The Kier molecular flexibility index (Phi) is 4.29. The molecule has 138 valence electrons. The van der Waals surface area contributed by atoms with Crippen molar-refractivity contribution in [2.45, 2.75) is 51.2 Å². The zero-order valence-electron chi connectivity index (χ0n) is 15.6. The summed E-state index contributed by atoms with van der Waals surface area (Å²) in [5.41, 5.74) is 1.48. The summed E-state index contributed by atoms with van der Waals surface area (Å²) in [6.07, 6.45) is 3.43. The van der Waals surface area contributed by atoms with E-state index in [1.165, 1.54) is 18.2 Å². The molecule has 2 aromatic rings. The molecule has 4 rings (SSSR count). The van der Waals surface area contributed by atoms with Gasteiger partial charge in [0.15, 0.2) is 0 Å². The fourth-order valence-electron chi connectivity index (χ4n) is 4.96. The minimum absolute atomic E-state index is 0.198. The molecule has 26 heavy (non-hydrogen) atoms. The Bertz CT molecular complexity index is 805. The van der Waals surface area contributed by atoms with Crippen LogP contribution in [0.5, 0.6) is 0 Å². The van der Waals surface area contributed by atoms with Crippen LogP contribution in [0, 0.1) is 10.8 Å². The summed E-state index contributed by atoms with van der Waals surface area (Å²) < 4.78 is 1.69. The molecule has 6 nitrogen and oxygen atoms in total. The molecular weight excluding hydrogens is 346 g/mol. The monoisotopic (exact) mass is 371 g/mol. The van der Waals surface area contributed by atoms with E-state index in [-0.39, 0.29) is 11.3 Å². The molecule has 2 atom stereocenters. The predicted octanol–water partition coefficient (Wildman–Crippen LogP) is 3.18. The molecule has 1 aliphatic carbocycles. The van der Waals surface area contributed by atoms with E-state index in [0.29, 0.717) is 22.4 Å². The van der Waals surface area contributed by atoms with Crippen LogP contribution in [-0.4, -0.2) is 49.4 Å². The lowest BCUT2D eigenvalue weighted by molar-refractivity contribution is -0.129. The lowest BCUT2D eigenvalue weighted by atomic mass is 9.65. The van der Waals surface area contributed by atoms with Crippen molar-refractivity contribution in [3.05, 3.63) is 30.3 Å². The molecule has 1 aromatic heterocycles. The van der Waals surface area contributed by atoms with Gasteiger partial charge in [-0.1, -0.05) is 50.7 Å². The Hall–Kier alpha value is -1.89. The van der Waals surface area contributed by atoms with Crippen LogP contribution in [0.2, 0.25) is 0 Å². The summed E-state index contributed by atoms with van der Waals surface area (Å²) in [5.74, 6) is 0.573. The first kappa shape index (κ1) is 17.5. The van der Waals surface area contributed by atoms with E-state index in [4.69, 9.17) is 0 Å². The van der Waals surface area contributed by atoms with Gasteiger partial charge in [-0.3, -0.25) is 4.79 Å². The second-order valence-electron chi connectivity index (χ2n) is 8.73. The third-order valence-electron chi connectivity index (χ3n) is 5.50. The molecule has 0 spiro atoms. The van der Waals surface area contributed by atoms with Crippen molar-refractivity contribution in [3.63, 3.8) is 0 Å². The molecule has 7 heteroatoms. The number of tetrazole rings is 1. The Labute approximate surface area is 158 Å². The highest BCUT2D eigenvalue weighted by molar-refractivity contribution is 7.99. The van der Waals surface area contributed by atoms with Crippen molar-refractivity contribution in [1.29, 1.82) is 0 Å². The Morgan fingerprint density at radius 2 is 2.00 bits per heavy atom. The molecule has 0 unspecified atom stereocenters. The molecule has 2 heterocycles. The minimum atomic E-state index is 0.198. The molecule has 2 fully saturated rings. The number of rotatable bonds is 4. The van der Waals surface area contributed by atoms with Gasteiger partial charge in [0, 0.05) is 12.6 Å². The largest absolute Gasteiger partial charge is 0.338 e. The highest BCUT2D eigenvalue weighted by Gasteiger charge is 2.50. The second-order valence-corrected chi connectivity index (χ2v) is 9.68. The topological polar surface area (TPSA) is 63.9 Å². The number of carbonyl (C=O) groups excluding carboxylic acids is 1. The lowest BCUT2D eigenvalue weighted by Gasteiger charge is -2.39. The van der Waals surface area contributed by atoms with E-state index in [1.807, 2.05) is 30.3 Å². The standard InChI is InChI=1S/C19H25N5OS/c1-18(2)9-15-10-19(3,12-18)13-23(15)16(25)11-26-17-20-21-22-24(17)14-7-5-4-6-8-14/h4-8,15H,9-13H2,1-3H3/t15-,19-/m0/s1. The average molecular weight is 372 g/mol. The van der Waals surface area contributed by atoms with Crippen LogP contribution >= 0.6 is 11.8 Å². The van der Waals surface area contributed by atoms with Crippen LogP contribution in [0.4, 0.5) is 0 Å². The van der Waals surface area contributed by atoms with Crippen molar-refractivity contribution in [2.75, 3.05) is 12.3 Å². The van der Waals surface area contributed by atoms with Gasteiger partial charge in [0.25, 0.3) is 0 Å². The highest BCUT2D eigenvalue weighted by atomic mass is 32.2. The number of para-hydroxylation sites is 1. The maximum absolute atomic E-state index is 12.9. The molecular formula is C19H25N5OS. The van der Waals surface area contributed by atoms with Gasteiger partial charge in [0.05, 0.1) is 11.4 Å². The number of fused-ring (bicyclic) bond motifs is 2. The third kappa shape index (κ3) is 3.37. The third-order valence-corrected chi connectivity index (χ3v) is 6.41. The number of amides is 1. The van der Waals surface area contributed by atoms with Gasteiger partial charge in [0.1, 0.15) is 0 Å². The summed E-state index contributed by atoms with van der Waals surface area (Å²) in [7, 11) is 0. The average Bonchev–Trinajstić information content (AvgIpc) is 3.14. The smallest absolute Gasteiger partial charge is 0.233 e. The minimum Gasteiger partial charge on any atom is -0.338 e. The summed E-state index contributed by atoms with van der Waals surface area (Å²) >= 11 is 1.41. The van der Waals surface area contributed by atoms with Crippen LogP contribution in [0.3, 0.4) is 0 Å². The number of carbonyl (C=O) groups is 1. The Balaban J connectivity index is 1.44. The maximum Gasteiger partial charge on any atom is 0.233 e. The Morgan fingerprint density at radius 3 is 2.77 bits per heavy atom. The van der Waals surface area contributed by atoms with Crippen LogP contribution in [-0.2, 0) is 4.79 Å². The van der Waals surface area contributed by atoms with Crippen molar-refractivity contribution in [3.8, 4) is 5.69 Å². The van der Waals surface area contributed by atoms with Gasteiger partial charge in [0.2, 0.25) is 11.1 Å². The zero-order chi connectivity index (χ0) is 18.4. The number of aromatic nitrogens is 4. The normalized spacial score (nSPS) is 26.9. The van der Waals surface area contributed by atoms with Crippen LogP contribution in [0.15, 0.2) is 35.5 Å². The van der Waals surface area contributed by atoms with Crippen molar-refractivity contribution < 1.29 is 4.79 Å². The maximum atomic E-state index is 12.9. The molecule has 0 N–H and O–H groups in total. The van der Waals surface area contributed by atoms with Gasteiger partial charge < -0.3 is 4.90 Å². The summed E-state index contributed by atoms with van der Waals surface area (Å²) in [6.45, 7) is 7.86. The second kappa shape index (κ2) is 6.37. The first-order valence-electron chi connectivity index (χ1n) is 9.11. The number of hydrogen-bond acceptors (Lipinski definition) is 5. The summed E-state index contributed by atoms with van der Waals surface area (Å²) in [6, 6.07) is 10.1. The number of benzene rings is 1. The van der Waals surface area contributed by atoms with Gasteiger partial charge in [-0.15, -0.1) is 5.10 Å². The van der Waals surface area contributed by atoms with E-state index in [9.17, 15) is 4.79 Å². The molecule has 1 saturated carbocycles. The molecule has 0 radical (unpaired) electrons. The van der Waals surface area contributed by atoms with Gasteiger partial charge in [-0.2, -0.15) is 4.68 Å². The first-order chi connectivity index (χ1) is 12.4. The van der Waals surface area contributed by atoms with E-state index in [2.05, 4.69) is 41.2 Å². The van der Waals surface area contributed by atoms with Gasteiger partial charge in [-0.05, 0) is 52.7 Å². The first-order valence-corrected chi connectivity index (χ1v) is 10.1. The number of hydrogen-bond donors (Lipinski definition) is 0. The van der Waals surface area contributed by atoms with Crippen molar-refractivity contribution in [1.82, 2.24) is 25.1 Å². The van der Waals surface area contributed by atoms with Gasteiger partial charge >= 0.3 is 0 Å². The molecule has 1 aromatic carbocycles. The quantitative estimate of drug-likeness (QED) is 0.773. The zero-order valence-corrected chi connectivity index (χ0v) is 16.4. The van der Waals surface area contributed by atoms with E-state index >= 15 is 0 Å². The number of thioether (sulfide) groups is 1. The number of nitrogens with zero attached hydrogens (tertiary/aromatic N) is 5. The number of likely N-dealkylation sites (tertiary alicyclic amines) is 1. The van der Waals surface area contributed by atoms with Crippen molar-refractivity contribution >= 4 is 17.7 Å². The van der Waals surface area contributed by atoms with E-state index < -0.39 is 0 Å². The fraction of sp³-hybridized carbons (Fsp3) is 0.579. The lowest BCUT2D eigenvalue weighted by Crippen LogP contribution is -2.38. The van der Waals surface area contributed by atoms with E-state index in [1.54, 1.807) is 4.68 Å². The Morgan fingerprint density at radius 1 is 1.23 bits per heavy atom. The predicted molar refractivity (Wildman–Crippen MR) is 101 cm³/mol. The van der Waals surface area contributed by atoms with Gasteiger partial charge in [-0.25, -0.2) is 0 Å². The fourth-order valence-corrected chi connectivity index (χ4v) is 5.74. The summed E-state index contributed by atoms with van der Waals surface area (Å²) in [4.78, 5) is 15.0. The molecule has 2 aliphatic rings. The molecule has 1 aliphatic heterocycles.